The van der Waals surface area contributed by atoms with Gasteiger partial charge in [0.05, 0.1) is 18.7 Å². The third kappa shape index (κ3) is 3.00. The first-order valence-corrected chi connectivity index (χ1v) is 10.1. The van der Waals surface area contributed by atoms with E-state index in [4.69, 9.17) is 0 Å². The first-order valence-electron chi connectivity index (χ1n) is 10.1. The second-order valence-corrected chi connectivity index (χ2v) is 8.34. The second kappa shape index (κ2) is 7.15. The lowest BCUT2D eigenvalue weighted by atomic mass is 9.71. The van der Waals surface area contributed by atoms with Gasteiger partial charge in [-0.25, -0.2) is 4.79 Å². The van der Waals surface area contributed by atoms with Crippen molar-refractivity contribution in [3.63, 3.8) is 0 Å². The highest BCUT2D eigenvalue weighted by Gasteiger charge is 2.56. The summed E-state index contributed by atoms with van der Waals surface area (Å²) in [4.78, 5) is 29.6. The highest BCUT2D eigenvalue weighted by Crippen LogP contribution is 2.49. The van der Waals surface area contributed by atoms with E-state index in [0.717, 1.165) is 36.9 Å². The first kappa shape index (κ1) is 18.3. The molecule has 3 atom stereocenters. The Morgan fingerprint density at radius 2 is 1.93 bits per heavy atom. The molecule has 2 N–H and O–H groups in total. The third-order valence-electron chi connectivity index (χ3n) is 6.30. The molecule has 1 saturated heterocycles. The predicted octanol–water partition coefficient (Wildman–Crippen LogP) is 2.47. The second-order valence-electron chi connectivity index (χ2n) is 8.34. The fourth-order valence-corrected chi connectivity index (χ4v) is 5.09. The standard InChI is InChI=1S/C21H29N3O3/c1-13(2)22-21(27)23-11-17-19(15-9-5-6-10-16(15)23)18(12-25)24(17)20(26)14-7-3-4-8-14/h5-6,9-10,13-14,17-19,25H,3-4,7-8,11-12H2,1-2H3,(H,22,27)/t17-,18-,19+/m0/s1. The number of likely N-dealkylation sites (tertiary alicyclic amines) is 1. The molecule has 1 aliphatic carbocycles. The van der Waals surface area contributed by atoms with E-state index < -0.39 is 0 Å². The maximum atomic E-state index is 13.1. The fraction of sp³-hybridized carbons (Fsp3) is 0.619. The van der Waals surface area contributed by atoms with Gasteiger partial charge in [0.15, 0.2) is 0 Å². The number of para-hydroxylation sites is 1. The number of amides is 3. The number of anilines is 1. The molecule has 146 valence electrons. The summed E-state index contributed by atoms with van der Waals surface area (Å²) in [5.74, 6) is 0.339. The molecule has 2 fully saturated rings. The first-order chi connectivity index (χ1) is 13.0. The van der Waals surface area contributed by atoms with Crippen molar-refractivity contribution in [3.8, 4) is 0 Å². The normalized spacial score (nSPS) is 27.2. The van der Waals surface area contributed by atoms with Crippen molar-refractivity contribution in [3.05, 3.63) is 29.8 Å². The molecular weight excluding hydrogens is 342 g/mol. The highest BCUT2D eigenvalue weighted by atomic mass is 16.3. The molecule has 6 nitrogen and oxygen atoms in total. The van der Waals surface area contributed by atoms with Crippen molar-refractivity contribution in [1.29, 1.82) is 0 Å². The lowest BCUT2D eigenvalue weighted by molar-refractivity contribution is -0.154. The Labute approximate surface area is 160 Å². The van der Waals surface area contributed by atoms with E-state index >= 15 is 0 Å². The van der Waals surface area contributed by atoms with Crippen molar-refractivity contribution in [2.45, 2.75) is 63.6 Å². The van der Waals surface area contributed by atoms with Crippen LogP contribution < -0.4 is 10.2 Å². The van der Waals surface area contributed by atoms with Gasteiger partial charge < -0.3 is 15.3 Å². The van der Waals surface area contributed by atoms with Gasteiger partial charge >= 0.3 is 6.03 Å². The zero-order valence-electron chi connectivity index (χ0n) is 16.1. The van der Waals surface area contributed by atoms with Crippen LogP contribution in [-0.4, -0.2) is 53.2 Å². The van der Waals surface area contributed by atoms with E-state index in [-0.39, 0.29) is 48.5 Å². The van der Waals surface area contributed by atoms with Crippen LogP contribution in [-0.2, 0) is 4.79 Å². The Bertz CT molecular complexity index is 729. The highest BCUT2D eigenvalue weighted by molar-refractivity contribution is 5.94. The van der Waals surface area contributed by atoms with Crippen LogP contribution in [0.1, 0.15) is 51.0 Å². The molecule has 3 aliphatic rings. The van der Waals surface area contributed by atoms with E-state index in [9.17, 15) is 14.7 Å². The molecule has 0 aromatic heterocycles. The number of hydrogen-bond acceptors (Lipinski definition) is 3. The molecule has 1 aromatic carbocycles. The zero-order chi connectivity index (χ0) is 19.1. The van der Waals surface area contributed by atoms with Crippen molar-refractivity contribution in [2.24, 2.45) is 5.92 Å². The number of nitrogens with zero attached hydrogens (tertiary/aromatic N) is 2. The number of urea groups is 1. The summed E-state index contributed by atoms with van der Waals surface area (Å²) >= 11 is 0. The number of carbonyl (C=O) groups is 2. The van der Waals surface area contributed by atoms with E-state index in [2.05, 4.69) is 5.32 Å². The summed E-state index contributed by atoms with van der Waals surface area (Å²) in [7, 11) is 0. The quantitative estimate of drug-likeness (QED) is 0.857. The molecule has 2 aliphatic heterocycles. The minimum Gasteiger partial charge on any atom is -0.394 e. The molecule has 0 bridgehead atoms. The summed E-state index contributed by atoms with van der Waals surface area (Å²) in [5.41, 5.74) is 1.95. The zero-order valence-corrected chi connectivity index (χ0v) is 16.1. The monoisotopic (exact) mass is 371 g/mol. The Morgan fingerprint density at radius 3 is 2.59 bits per heavy atom. The van der Waals surface area contributed by atoms with E-state index in [1.54, 1.807) is 4.90 Å². The molecular formula is C21H29N3O3. The van der Waals surface area contributed by atoms with Gasteiger partial charge in [-0.15, -0.1) is 0 Å². The van der Waals surface area contributed by atoms with Crippen LogP contribution in [0.4, 0.5) is 10.5 Å². The summed E-state index contributed by atoms with van der Waals surface area (Å²) in [6.45, 7) is 4.33. The molecule has 6 heteroatoms. The molecule has 3 amide bonds. The van der Waals surface area contributed by atoms with Crippen LogP contribution in [0.15, 0.2) is 24.3 Å². The predicted molar refractivity (Wildman–Crippen MR) is 104 cm³/mol. The molecule has 27 heavy (non-hydrogen) atoms. The number of aliphatic hydroxyl groups excluding tert-OH is 1. The summed E-state index contributed by atoms with van der Waals surface area (Å²) < 4.78 is 0. The number of carbonyl (C=O) groups excluding carboxylic acids is 2. The number of rotatable bonds is 3. The van der Waals surface area contributed by atoms with E-state index in [0.29, 0.717) is 6.54 Å². The molecule has 1 saturated carbocycles. The SMILES string of the molecule is CC(C)NC(=O)N1C[C@H]2[C@@H](c3ccccc31)[C@H](CO)N2C(=O)C1CCCC1. The molecule has 0 spiro atoms. The Hall–Kier alpha value is -2.08. The average molecular weight is 371 g/mol. The van der Waals surface area contributed by atoms with Crippen molar-refractivity contribution in [1.82, 2.24) is 10.2 Å². The van der Waals surface area contributed by atoms with Gasteiger partial charge in [0.25, 0.3) is 0 Å². The van der Waals surface area contributed by atoms with Crippen molar-refractivity contribution >= 4 is 17.6 Å². The minimum atomic E-state index is -0.181. The van der Waals surface area contributed by atoms with E-state index in [1.807, 2.05) is 43.0 Å². The summed E-state index contributed by atoms with van der Waals surface area (Å²) in [5, 5.41) is 13.0. The van der Waals surface area contributed by atoms with Crippen LogP contribution in [0.3, 0.4) is 0 Å². The molecule has 0 radical (unpaired) electrons. The lowest BCUT2D eigenvalue weighted by Crippen LogP contribution is -2.71. The van der Waals surface area contributed by atoms with Crippen LogP contribution in [0, 0.1) is 5.92 Å². The maximum absolute atomic E-state index is 13.1. The number of hydrogen-bond donors (Lipinski definition) is 2. The largest absolute Gasteiger partial charge is 0.394 e. The van der Waals surface area contributed by atoms with Crippen molar-refractivity contribution < 1.29 is 14.7 Å². The molecule has 1 aromatic rings. The minimum absolute atomic E-state index is 0.0356. The topological polar surface area (TPSA) is 72.9 Å². The maximum Gasteiger partial charge on any atom is 0.322 e. The van der Waals surface area contributed by atoms with Gasteiger partial charge in [0, 0.05) is 30.1 Å². The third-order valence-corrected chi connectivity index (χ3v) is 6.30. The number of fused-ring (bicyclic) bond motifs is 3. The van der Waals surface area contributed by atoms with Crippen LogP contribution in [0.5, 0.6) is 0 Å². The van der Waals surface area contributed by atoms with Gasteiger partial charge in [-0.3, -0.25) is 9.69 Å². The molecule has 0 unspecified atom stereocenters. The Kier molecular flexibility index (Phi) is 4.84. The average Bonchev–Trinajstić information content (AvgIpc) is 3.16. The van der Waals surface area contributed by atoms with Gasteiger partial charge in [-0.2, -0.15) is 0 Å². The number of benzene rings is 1. The van der Waals surface area contributed by atoms with Gasteiger partial charge in [-0.05, 0) is 38.3 Å². The smallest absolute Gasteiger partial charge is 0.322 e. The Balaban J connectivity index is 1.65. The van der Waals surface area contributed by atoms with E-state index in [1.165, 1.54) is 0 Å². The van der Waals surface area contributed by atoms with Crippen LogP contribution in [0.2, 0.25) is 0 Å². The van der Waals surface area contributed by atoms with Crippen LogP contribution >= 0.6 is 0 Å². The number of nitrogens with one attached hydrogen (secondary N) is 1. The van der Waals surface area contributed by atoms with Gasteiger partial charge in [0.2, 0.25) is 5.91 Å². The lowest BCUT2D eigenvalue weighted by Gasteiger charge is -2.59. The molecule has 4 rings (SSSR count). The Morgan fingerprint density at radius 1 is 1.22 bits per heavy atom. The summed E-state index contributed by atoms with van der Waals surface area (Å²) in [6, 6.07) is 7.58. The van der Waals surface area contributed by atoms with Gasteiger partial charge in [-0.1, -0.05) is 31.0 Å². The van der Waals surface area contributed by atoms with Gasteiger partial charge in [0.1, 0.15) is 0 Å². The van der Waals surface area contributed by atoms with Crippen molar-refractivity contribution in [2.75, 3.05) is 18.1 Å². The number of aliphatic hydroxyl groups is 1. The van der Waals surface area contributed by atoms with Crippen LogP contribution in [0.25, 0.3) is 0 Å². The summed E-state index contributed by atoms with van der Waals surface area (Å²) in [6.07, 6.45) is 4.10. The molecule has 2 heterocycles. The fourth-order valence-electron chi connectivity index (χ4n) is 5.09.